The summed E-state index contributed by atoms with van der Waals surface area (Å²) in [5.74, 6) is 0. The van der Waals surface area contributed by atoms with Crippen LogP contribution in [-0.2, 0) is 9.57 Å². The summed E-state index contributed by atoms with van der Waals surface area (Å²) >= 11 is 0. The second kappa shape index (κ2) is 5.84. The van der Waals surface area contributed by atoms with Gasteiger partial charge < -0.3 is 14.9 Å². The molecule has 1 fully saturated rings. The lowest BCUT2D eigenvalue weighted by Crippen LogP contribution is -2.51. The van der Waals surface area contributed by atoms with Crippen LogP contribution >= 0.6 is 0 Å². The smallest absolute Gasteiger partial charge is 0.427 e. The molecule has 0 aromatic rings. The molecule has 1 N–H and O–H groups in total. The molecule has 0 bridgehead atoms. The summed E-state index contributed by atoms with van der Waals surface area (Å²) in [5.41, 5.74) is -0.574. The van der Waals surface area contributed by atoms with Crippen molar-refractivity contribution in [2.45, 2.75) is 38.8 Å². The number of hydroxylamine groups is 2. The van der Waals surface area contributed by atoms with E-state index in [1.165, 1.54) is 5.06 Å². The molecular formula is C11H19N3O3. The SMILES string of the molecule is CC(C)(C)OC(=O)ON1CCNCC1CC#N. The highest BCUT2D eigenvalue weighted by molar-refractivity contribution is 5.60. The van der Waals surface area contributed by atoms with Crippen LogP contribution in [0.15, 0.2) is 0 Å². The zero-order chi connectivity index (χ0) is 12.9. The van der Waals surface area contributed by atoms with Crippen molar-refractivity contribution in [1.29, 1.82) is 5.26 Å². The van der Waals surface area contributed by atoms with Gasteiger partial charge in [-0.3, -0.25) is 0 Å². The van der Waals surface area contributed by atoms with Crippen LogP contribution in [0.25, 0.3) is 0 Å². The Bertz CT molecular complexity index is 306. The molecule has 0 spiro atoms. The van der Waals surface area contributed by atoms with Crippen molar-refractivity contribution in [2.75, 3.05) is 19.6 Å². The van der Waals surface area contributed by atoms with Crippen molar-refractivity contribution in [3.8, 4) is 6.07 Å². The first-order valence-corrected chi connectivity index (χ1v) is 5.67. The lowest BCUT2D eigenvalue weighted by Gasteiger charge is -2.33. The van der Waals surface area contributed by atoms with E-state index in [2.05, 4.69) is 11.4 Å². The standard InChI is InChI=1S/C11H19N3O3/c1-11(2,3)16-10(15)17-14-7-6-13-8-9(14)4-5-12/h9,13H,4,6-8H2,1-3H3. The van der Waals surface area contributed by atoms with Gasteiger partial charge in [-0.15, -0.1) is 5.06 Å². The highest BCUT2D eigenvalue weighted by Crippen LogP contribution is 2.12. The average molecular weight is 241 g/mol. The average Bonchev–Trinajstić information content (AvgIpc) is 2.18. The minimum Gasteiger partial charge on any atom is -0.427 e. The lowest BCUT2D eigenvalue weighted by atomic mass is 10.2. The monoisotopic (exact) mass is 241 g/mol. The predicted molar refractivity (Wildman–Crippen MR) is 60.9 cm³/mol. The van der Waals surface area contributed by atoms with E-state index >= 15 is 0 Å². The van der Waals surface area contributed by atoms with E-state index in [9.17, 15) is 4.79 Å². The zero-order valence-corrected chi connectivity index (χ0v) is 10.5. The Morgan fingerprint density at radius 3 is 2.88 bits per heavy atom. The van der Waals surface area contributed by atoms with Gasteiger partial charge in [0.1, 0.15) is 5.60 Å². The molecule has 17 heavy (non-hydrogen) atoms. The van der Waals surface area contributed by atoms with Gasteiger partial charge in [-0.1, -0.05) is 0 Å². The minimum absolute atomic E-state index is 0.110. The van der Waals surface area contributed by atoms with Gasteiger partial charge in [0.2, 0.25) is 0 Å². The number of hydrogen-bond donors (Lipinski definition) is 1. The van der Waals surface area contributed by atoms with Gasteiger partial charge in [-0.25, -0.2) is 4.79 Å². The summed E-state index contributed by atoms with van der Waals surface area (Å²) in [5, 5.41) is 13.3. The third kappa shape index (κ3) is 5.02. The van der Waals surface area contributed by atoms with Crippen LogP contribution in [0, 0.1) is 11.3 Å². The molecule has 1 heterocycles. The Kier molecular flexibility index (Phi) is 4.73. The second-order valence-corrected chi connectivity index (χ2v) is 4.92. The first-order valence-electron chi connectivity index (χ1n) is 5.67. The zero-order valence-electron chi connectivity index (χ0n) is 10.5. The number of nitriles is 1. The molecule has 1 unspecified atom stereocenters. The van der Waals surface area contributed by atoms with Crippen LogP contribution in [-0.4, -0.2) is 42.5 Å². The highest BCUT2D eigenvalue weighted by Gasteiger charge is 2.27. The Hall–Kier alpha value is -1.32. The molecule has 1 aliphatic rings. The number of nitrogens with zero attached hydrogens (tertiary/aromatic N) is 2. The van der Waals surface area contributed by atoms with E-state index < -0.39 is 11.8 Å². The van der Waals surface area contributed by atoms with Gasteiger partial charge in [-0.2, -0.15) is 5.26 Å². The molecule has 0 aromatic carbocycles. The van der Waals surface area contributed by atoms with Crippen LogP contribution in [0.5, 0.6) is 0 Å². The van der Waals surface area contributed by atoms with Crippen LogP contribution in [0.1, 0.15) is 27.2 Å². The topological polar surface area (TPSA) is 74.6 Å². The number of nitrogens with one attached hydrogen (secondary N) is 1. The summed E-state index contributed by atoms with van der Waals surface area (Å²) < 4.78 is 5.06. The fourth-order valence-electron chi connectivity index (χ4n) is 1.51. The Morgan fingerprint density at radius 2 is 2.29 bits per heavy atom. The molecule has 1 rings (SSSR count). The number of hydrogen-bond acceptors (Lipinski definition) is 6. The summed E-state index contributed by atoms with van der Waals surface area (Å²) in [7, 11) is 0. The predicted octanol–water partition coefficient (Wildman–Crippen LogP) is 1.04. The van der Waals surface area contributed by atoms with E-state index in [0.717, 1.165) is 6.54 Å². The van der Waals surface area contributed by atoms with E-state index in [4.69, 9.17) is 14.8 Å². The summed E-state index contributed by atoms with van der Waals surface area (Å²) in [6, 6.07) is 1.97. The van der Waals surface area contributed by atoms with Crippen LogP contribution in [0.2, 0.25) is 0 Å². The second-order valence-electron chi connectivity index (χ2n) is 4.92. The maximum Gasteiger partial charge on any atom is 0.528 e. The van der Waals surface area contributed by atoms with E-state index in [0.29, 0.717) is 19.5 Å². The molecule has 0 amide bonds. The molecule has 0 aliphatic carbocycles. The van der Waals surface area contributed by atoms with Gasteiger partial charge >= 0.3 is 6.16 Å². The molecule has 1 atom stereocenters. The number of carbonyl (C=O) groups is 1. The summed E-state index contributed by atoms with van der Waals surface area (Å²) in [4.78, 5) is 16.6. The molecular weight excluding hydrogens is 222 g/mol. The molecule has 1 aliphatic heterocycles. The molecule has 6 heteroatoms. The third-order valence-corrected chi connectivity index (χ3v) is 2.20. The van der Waals surface area contributed by atoms with Gasteiger partial charge in [-0.05, 0) is 20.8 Å². The molecule has 96 valence electrons. The van der Waals surface area contributed by atoms with Crippen molar-refractivity contribution >= 4 is 6.16 Å². The molecule has 6 nitrogen and oxygen atoms in total. The van der Waals surface area contributed by atoms with E-state index in [1.54, 1.807) is 20.8 Å². The number of rotatable bonds is 2. The molecule has 0 saturated carbocycles. The molecule has 0 aromatic heterocycles. The van der Waals surface area contributed by atoms with Gasteiger partial charge in [0.05, 0.1) is 18.5 Å². The third-order valence-electron chi connectivity index (χ3n) is 2.20. The van der Waals surface area contributed by atoms with Crippen LogP contribution in [0.4, 0.5) is 4.79 Å². The quantitative estimate of drug-likeness (QED) is 0.728. The number of piperazine rings is 1. The van der Waals surface area contributed by atoms with Crippen LogP contribution in [0.3, 0.4) is 0 Å². The van der Waals surface area contributed by atoms with Crippen molar-refractivity contribution in [2.24, 2.45) is 0 Å². The Labute approximate surface area is 101 Å². The fraction of sp³-hybridized carbons (Fsp3) is 0.818. The fourth-order valence-corrected chi connectivity index (χ4v) is 1.51. The van der Waals surface area contributed by atoms with Gasteiger partial charge in [0, 0.05) is 19.6 Å². The summed E-state index contributed by atoms with van der Waals surface area (Å²) in [6.45, 7) is 7.25. The van der Waals surface area contributed by atoms with Crippen molar-refractivity contribution in [1.82, 2.24) is 10.4 Å². The number of ether oxygens (including phenoxy) is 1. The maximum absolute atomic E-state index is 11.5. The number of carbonyl (C=O) groups excluding carboxylic acids is 1. The minimum atomic E-state index is -0.720. The van der Waals surface area contributed by atoms with E-state index in [-0.39, 0.29) is 6.04 Å². The van der Waals surface area contributed by atoms with Gasteiger partial charge in [0.15, 0.2) is 0 Å². The maximum atomic E-state index is 11.5. The summed E-state index contributed by atoms with van der Waals surface area (Å²) in [6.07, 6.45) is -0.405. The first kappa shape index (κ1) is 13.7. The van der Waals surface area contributed by atoms with Crippen molar-refractivity contribution < 1.29 is 14.4 Å². The molecule has 1 saturated heterocycles. The van der Waals surface area contributed by atoms with E-state index in [1.807, 2.05) is 0 Å². The molecule has 0 radical (unpaired) electrons. The highest BCUT2D eigenvalue weighted by atomic mass is 16.8. The van der Waals surface area contributed by atoms with Crippen molar-refractivity contribution in [3.05, 3.63) is 0 Å². The first-order chi connectivity index (χ1) is 7.92. The Morgan fingerprint density at radius 1 is 1.59 bits per heavy atom. The van der Waals surface area contributed by atoms with Gasteiger partial charge in [0.25, 0.3) is 0 Å². The van der Waals surface area contributed by atoms with Crippen LogP contribution < -0.4 is 5.32 Å². The normalized spacial score (nSPS) is 21.6. The Balaban J connectivity index is 2.47. The van der Waals surface area contributed by atoms with Crippen molar-refractivity contribution in [3.63, 3.8) is 0 Å². The largest absolute Gasteiger partial charge is 0.528 e. The lowest BCUT2D eigenvalue weighted by molar-refractivity contribution is -0.171.